The molecule has 0 spiro atoms. The number of amides is 2. The smallest absolute Gasteiger partial charge is 0.408 e. The van der Waals surface area contributed by atoms with Gasteiger partial charge in [0.2, 0.25) is 5.91 Å². The SMILES string of the molecule is CCOC(=O)CNC(=O)C(CCSC)NC(=O)OCc1ccccc1. The first-order chi connectivity index (χ1) is 12.1. The Hall–Kier alpha value is -2.22. The molecule has 1 rings (SSSR count). The van der Waals surface area contributed by atoms with Crippen molar-refractivity contribution in [1.82, 2.24) is 10.6 Å². The normalized spacial score (nSPS) is 11.3. The van der Waals surface area contributed by atoms with E-state index in [-0.39, 0.29) is 19.8 Å². The molecular weight excluding hydrogens is 344 g/mol. The predicted octanol–water partition coefficient (Wildman–Crippen LogP) is 1.71. The highest BCUT2D eigenvalue weighted by molar-refractivity contribution is 7.98. The van der Waals surface area contributed by atoms with Crippen molar-refractivity contribution in [2.75, 3.05) is 25.2 Å². The number of thioether (sulfide) groups is 1. The molecule has 138 valence electrons. The standard InChI is InChI=1S/C17H24N2O5S/c1-3-23-15(20)11-18-16(21)14(9-10-25-2)19-17(22)24-12-13-7-5-4-6-8-13/h4-8,14H,3,9-12H2,1-2H3,(H,18,21)(H,19,22). The van der Waals surface area contributed by atoms with E-state index in [1.165, 1.54) is 0 Å². The molecule has 7 nitrogen and oxygen atoms in total. The molecule has 0 saturated heterocycles. The lowest BCUT2D eigenvalue weighted by atomic mass is 10.2. The first-order valence-corrected chi connectivity index (χ1v) is 9.35. The molecule has 2 N–H and O–H groups in total. The van der Waals surface area contributed by atoms with Crippen LogP contribution >= 0.6 is 11.8 Å². The summed E-state index contributed by atoms with van der Waals surface area (Å²) in [6.07, 6.45) is 1.65. The molecule has 0 bridgehead atoms. The van der Waals surface area contributed by atoms with Gasteiger partial charge in [-0.05, 0) is 30.9 Å². The fraction of sp³-hybridized carbons (Fsp3) is 0.471. The molecule has 0 radical (unpaired) electrons. The number of rotatable bonds is 10. The van der Waals surface area contributed by atoms with Crippen LogP contribution in [-0.2, 0) is 25.7 Å². The molecule has 0 fully saturated rings. The number of alkyl carbamates (subject to hydrolysis) is 1. The van der Waals surface area contributed by atoms with Crippen LogP contribution in [0.1, 0.15) is 18.9 Å². The minimum absolute atomic E-state index is 0.117. The van der Waals surface area contributed by atoms with Crippen molar-refractivity contribution in [3.05, 3.63) is 35.9 Å². The molecule has 0 aliphatic heterocycles. The number of ether oxygens (including phenoxy) is 2. The fourth-order valence-electron chi connectivity index (χ4n) is 1.91. The Morgan fingerprint density at radius 2 is 1.88 bits per heavy atom. The van der Waals surface area contributed by atoms with Crippen molar-refractivity contribution in [2.45, 2.75) is 26.0 Å². The van der Waals surface area contributed by atoms with Gasteiger partial charge in [-0.25, -0.2) is 4.79 Å². The third-order valence-electron chi connectivity index (χ3n) is 3.14. The average Bonchev–Trinajstić information content (AvgIpc) is 2.62. The first kappa shape index (κ1) is 20.8. The molecule has 1 unspecified atom stereocenters. The molecule has 0 aliphatic carbocycles. The number of nitrogens with one attached hydrogen (secondary N) is 2. The van der Waals surface area contributed by atoms with E-state index >= 15 is 0 Å². The van der Waals surface area contributed by atoms with Gasteiger partial charge in [-0.1, -0.05) is 30.3 Å². The zero-order chi connectivity index (χ0) is 18.5. The number of hydrogen-bond acceptors (Lipinski definition) is 6. The summed E-state index contributed by atoms with van der Waals surface area (Å²) in [4.78, 5) is 35.4. The molecule has 0 saturated carbocycles. The predicted molar refractivity (Wildman–Crippen MR) is 96.2 cm³/mol. The van der Waals surface area contributed by atoms with Gasteiger partial charge in [-0.2, -0.15) is 11.8 Å². The number of carbonyl (C=O) groups is 3. The van der Waals surface area contributed by atoms with Gasteiger partial charge in [0.25, 0.3) is 0 Å². The Labute approximate surface area is 151 Å². The lowest BCUT2D eigenvalue weighted by molar-refractivity contribution is -0.143. The minimum atomic E-state index is -0.773. The minimum Gasteiger partial charge on any atom is -0.465 e. The first-order valence-electron chi connectivity index (χ1n) is 7.96. The summed E-state index contributed by atoms with van der Waals surface area (Å²) >= 11 is 1.55. The molecule has 0 heterocycles. The van der Waals surface area contributed by atoms with Crippen LogP contribution in [0.5, 0.6) is 0 Å². The average molecular weight is 368 g/mol. The molecular formula is C17H24N2O5S. The third-order valence-corrected chi connectivity index (χ3v) is 3.79. The largest absolute Gasteiger partial charge is 0.465 e. The highest BCUT2D eigenvalue weighted by Gasteiger charge is 2.21. The molecule has 1 aromatic rings. The zero-order valence-electron chi connectivity index (χ0n) is 14.4. The summed E-state index contributed by atoms with van der Waals surface area (Å²) < 4.78 is 9.88. The molecule has 1 atom stereocenters. The lowest BCUT2D eigenvalue weighted by Gasteiger charge is -2.17. The Morgan fingerprint density at radius 3 is 2.52 bits per heavy atom. The summed E-state index contributed by atoms with van der Waals surface area (Å²) in [7, 11) is 0. The number of esters is 1. The number of benzene rings is 1. The Kier molecular flexibility index (Phi) is 10.2. The molecule has 8 heteroatoms. The van der Waals surface area contributed by atoms with Gasteiger partial charge in [0.05, 0.1) is 6.61 Å². The van der Waals surface area contributed by atoms with Gasteiger partial charge in [0.15, 0.2) is 0 Å². The van der Waals surface area contributed by atoms with Crippen LogP contribution in [-0.4, -0.2) is 49.2 Å². The van der Waals surface area contributed by atoms with E-state index in [4.69, 9.17) is 9.47 Å². The molecule has 2 amide bonds. The second-order valence-electron chi connectivity index (χ2n) is 5.06. The second kappa shape index (κ2) is 12.2. The van der Waals surface area contributed by atoms with Crippen LogP contribution in [0, 0.1) is 0 Å². The summed E-state index contributed by atoms with van der Waals surface area (Å²) in [6.45, 7) is 1.81. The van der Waals surface area contributed by atoms with Crippen molar-refractivity contribution in [1.29, 1.82) is 0 Å². The van der Waals surface area contributed by atoms with Gasteiger partial charge in [0.1, 0.15) is 19.2 Å². The van der Waals surface area contributed by atoms with Crippen LogP contribution in [0.4, 0.5) is 4.79 Å². The Balaban J connectivity index is 2.48. The summed E-state index contributed by atoms with van der Waals surface area (Å²) in [5.41, 5.74) is 0.852. The van der Waals surface area contributed by atoms with E-state index < -0.39 is 24.0 Å². The third kappa shape index (κ3) is 8.99. The second-order valence-corrected chi connectivity index (χ2v) is 6.05. The van der Waals surface area contributed by atoms with E-state index in [1.807, 2.05) is 36.6 Å². The van der Waals surface area contributed by atoms with Gasteiger partial charge in [0, 0.05) is 0 Å². The van der Waals surface area contributed by atoms with Crippen LogP contribution in [0.25, 0.3) is 0 Å². The highest BCUT2D eigenvalue weighted by atomic mass is 32.2. The maximum absolute atomic E-state index is 12.2. The highest BCUT2D eigenvalue weighted by Crippen LogP contribution is 2.04. The van der Waals surface area contributed by atoms with Crippen molar-refractivity contribution in [3.8, 4) is 0 Å². The van der Waals surface area contributed by atoms with E-state index in [2.05, 4.69) is 10.6 Å². The van der Waals surface area contributed by atoms with Gasteiger partial charge in [-0.3, -0.25) is 9.59 Å². The van der Waals surface area contributed by atoms with Gasteiger partial charge < -0.3 is 20.1 Å². The van der Waals surface area contributed by atoms with Crippen molar-refractivity contribution >= 4 is 29.7 Å². The monoisotopic (exact) mass is 368 g/mol. The maximum atomic E-state index is 12.2. The van der Waals surface area contributed by atoms with Crippen LogP contribution in [0.3, 0.4) is 0 Å². The summed E-state index contributed by atoms with van der Waals surface area (Å²) in [6, 6.07) is 8.47. The van der Waals surface area contributed by atoms with Crippen molar-refractivity contribution < 1.29 is 23.9 Å². The van der Waals surface area contributed by atoms with Gasteiger partial charge >= 0.3 is 12.1 Å². The maximum Gasteiger partial charge on any atom is 0.408 e. The topological polar surface area (TPSA) is 93.7 Å². The number of hydrogen-bond donors (Lipinski definition) is 2. The van der Waals surface area contributed by atoms with E-state index in [9.17, 15) is 14.4 Å². The quantitative estimate of drug-likeness (QED) is 0.611. The summed E-state index contributed by atoms with van der Waals surface area (Å²) in [5, 5.41) is 5.00. The molecule has 25 heavy (non-hydrogen) atoms. The molecule has 1 aromatic carbocycles. The Bertz CT molecular complexity index is 553. The van der Waals surface area contributed by atoms with E-state index in [0.717, 1.165) is 5.56 Å². The van der Waals surface area contributed by atoms with Crippen LogP contribution in [0.2, 0.25) is 0 Å². The van der Waals surface area contributed by atoms with E-state index in [1.54, 1.807) is 18.7 Å². The Morgan fingerprint density at radius 1 is 1.16 bits per heavy atom. The van der Waals surface area contributed by atoms with Crippen LogP contribution in [0.15, 0.2) is 30.3 Å². The van der Waals surface area contributed by atoms with E-state index in [0.29, 0.717) is 12.2 Å². The lowest BCUT2D eigenvalue weighted by Crippen LogP contribution is -2.48. The fourth-order valence-corrected chi connectivity index (χ4v) is 2.38. The van der Waals surface area contributed by atoms with Crippen molar-refractivity contribution in [3.63, 3.8) is 0 Å². The molecule has 0 aromatic heterocycles. The summed E-state index contributed by atoms with van der Waals surface area (Å²) in [5.74, 6) is -0.291. The van der Waals surface area contributed by atoms with Crippen LogP contribution < -0.4 is 10.6 Å². The van der Waals surface area contributed by atoms with Crippen molar-refractivity contribution in [2.24, 2.45) is 0 Å². The van der Waals surface area contributed by atoms with Gasteiger partial charge in [-0.15, -0.1) is 0 Å². The zero-order valence-corrected chi connectivity index (χ0v) is 15.3. The molecule has 0 aliphatic rings. The number of carbonyl (C=O) groups excluding carboxylic acids is 3.